The third-order valence-electron chi connectivity index (χ3n) is 4.04. The third-order valence-corrected chi connectivity index (χ3v) is 4.04. The lowest BCUT2D eigenvalue weighted by Crippen LogP contribution is -2.25. The van der Waals surface area contributed by atoms with Crippen LogP contribution in [-0.4, -0.2) is 23.5 Å². The fourth-order valence-electron chi connectivity index (χ4n) is 2.98. The monoisotopic (exact) mass is 267 g/mol. The summed E-state index contributed by atoms with van der Waals surface area (Å²) in [5.41, 5.74) is 4.21. The summed E-state index contributed by atoms with van der Waals surface area (Å²) in [5, 5.41) is 3.52. The minimum absolute atomic E-state index is 0.481. The first-order valence-electron chi connectivity index (χ1n) is 7.22. The lowest BCUT2D eigenvalue weighted by Gasteiger charge is -2.28. The van der Waals surface area contributed by atoms with Gasteiger partial charge in [-0.1, -0.05) is 24.3 Å². The van der Waals surface area contributed by atoms with Crippen LogP contribution in [0.3, 0.4) is 0 Å². The molecule has 20 heavy (non-hydrogen) atoms. The lowest BCUT2D eigenvalue weighted by molar-refractivity contribution is 0.226. The Labute approximate surface area is 120 Å². The molecule has 1 aliphatic rings. The first-order chi connectivity index (χ1) is 9.84. The molecule has 1 N–H and O–H groups in total. The van der Waals surface area contributed by atoms with Crippen molar-refractivity contribution in [2.24, 2.45) is 0 Å². The van der Waals surface area contributed by atoms with Crippen molar-refractivity contribution < 1.29 is 0 Å². The quantitative estimate of drug-likeness (QED) is 0.927. The van der Waals surface area contributed by atoms with E-state index in [-0.39, 0.29) is 0 Å². The summed E-state index contributed by atoms with van der Waals surface area (Å²) in [7, 11) is 2.22. The van der Waals surface area contributed by atoms with Gasteiger partial charge in [-0.3, -0.25) is 9.88 Å². The Morgan fingerprint density at radius 1 is 1.20 bits per heavy atom. The summed E-state index contributed by atoms with van der Waals surface area (Å²) in [6, 6.07) is 13.5. The van der Waals surface area contributed by atoms with Gasteiger partial charge in [0.15, 0.2) is 0 Å². The number of fused-ring (bicyclic) bond motifs is 1. The van der Waals surface area contributed by atoms with E-state index in [2.05, 4.69) is 58.6 Å². The van der Waals surface area contributed by atoms with E-state index in [1.807, 2.05) is 12.4 Å². The second kappa shape index (κ2) is 6.16. The van der Waals surface area contributed by atoms with Crippen LogP contribution in [0.25, 0.3) is 0 Å². The Kier molecular flexibility index (Phi) is 4.09. The van der Waals surface area contributed by atoms with Crippen LogP contribution in [0.4, 0.5) is 0 Å². The molecule has 0 saturated carbocycles. The van der Waals surface area contributed by atoms with Crippen molar-refractivity contribution in [1.29, 1.82) is 0 Å². The highest BCUT2D eigenvalue weighted by Crippen LogP contribution is 2.29. The van der Waals surface area contributed by atoms with Gasteiger partial charge in [-0.15, -0.1) is 0 Å². The minimum atomic E-state index is 0.481. The number of pyridine rings is 1. The molecule has 0 saturated heterocycles. The van der Waals surface area contributed by atoms with E-state index in [0.29, 0.717) is 6.04 Å². The first-order valence-corrected chi connectivity index (χ1v) is 7.22. The molecule has 3 heteroatoms. The van der Waals surface area contributed by atoms with E-state index in [9.17, 15) is 0 Å². The van der Waals surface area contributed by atoms with Crippen molar-refractivity contribution in [2.75, 3.05) is 13.6 Å². The standard InChI is InChI=1S/C17H21N3/c1-20(13-14-6-9-18-10-7-14)17-8-11-19-12-15-4-2-3-5-16(15)17/h2-7,9-10,17,19H,8,11-13H2,1H3. The molecule has 0 spiro atoms. The molecule has 3 rings (SSSR count). The Balaban J connectivity index is 1.82. The van der Waals surface area contributed by atoms with Crippen LogP contribution >= 0.6 is 0 Å². The van der Waals surface area contributed by atoms with Gasteiger partial charge in [-0.05, 0) is 48.8 Å². The van der Waals surface area contributed by atoms with Crippen molar-refractivity contribution in [3.63, 3.8) is 0 Å². The van der Waals surface area contributed by atoms with Gasteiger partial charge in [0.25, 0.3) is 0 Å². The molecular weight excluding hydrogens is 246 g/mol. The molecule has 0 aliphatic carbocycles. The van der Waals surface area contributed by atoms with Gasteiger partial charge in [0, 0.05) is 31.5 Å². The van der Waals surface area contributed by atoms with Gasteiger partial charge < -0.3 is 5.32 Å². The summed E-state index contributed by atoms with van der Waals surface area (Å²) in [6.45, 7) is 3.01. The van der Waals surface area contributed by atoms with Crippen molar-refractivity contribution >= 4 is 0 Å². The summed E-state index contributed by atoms with van der Waals surface area (Å²) in [6.07, 6.45) is 4.89. The molecule has 3 nitrogen and oxygen atoms in total. The molecule has 104 valence electrons. The van der Waals surface area contributed by atoms with Crippen LogP contribution in [0.1, 0.15) is 29.2 Å². The number of hydrogen-bond donors (Lipinski definition) is 1. The summed E-state index contributed by atoms with van der Waals surface area (Å²) in [5.74, 6) is 0. The smallest absolute Gasteiger partial charge is 0.0363 e. The zero-order valence-electron chi connectivity index (χ0n) is 11.9. The average Bonchev–Trinajstić information content (AvgIpc) is 2.70. The average molecular weight is 267 g/mol. The predicted molar refractivity (Wildman–Crippen MR) is 81.2 cm³/mol. The Morgan fingerprint density at radius 2 is 2.00 bits per heavy atom. The van der Waals surface area contributed by atoms with Gasteiger partial charge in [0.2, 0.25) is 0 Å². The molecule has 2 aromatic rings. The molecule has 1 aliphatic heterocycles. The Hall–Kier alpha value is -1.71. The number of aromatic nitrogens is 1. The normalized spacial score (nSPS) is 18.6. The molecule has 2 heterocycles. The number of rotatable bonds is 3. The maximum Gasteiger partial charge on any atom is 0.0363 e. The molecule has 1 unspecified atom stereocenters. The molecule has 0 fully saturated rings. The van der Waals surface area contributed by atoms with Gasteiger partial charge in [0.05, 0.1) is 0 Å². The maximum atomic E-state index is 4.09. The predicted octanol–water partition coefficient (Wildman–Crippen LogP) is 2.75. The summed E-state index contributed by atoms with van der Waals surface area (Å²) < 4.78 is 0. The van der Waals surface area contributed by atoms with Crippen LogP contribution in [0, 0.1) is 0 Å². The van der Waals surface area contributed by atoms with Crippen molar-refractivity contribution in [3.8, 4) is 0 Å². The van der Waals surface area contributed by atoms with Crippen LogP contribution in [0.2, 0.25) is 0 Å². The lowest BCUT2D eigenvalue weighted by atomic mass is 9.98. The molecule has 0 amide bonds. The van der Waals surface area contributed by atoms with Gasteiger partial charge in [0.1, 0.15) is 0 Å². The van der Waals surface area contributed by atoms with E-state index < -0.39 is 0 Å². The number of hydrogen-bond acceptors (Lipinski definition) is 3. The van der Waals surface area contributed by atoms with Crippen molar-refractivity contribution in [3.05, 3.63) is 65.5 Å². The van der Waals surface area contributed by atoms with Gasteiger partial charge >= 0.3 is 0 Å². The van der Waals surface area contributed by atoms with E-state index in [1.54, 1.807) is 0 Å². The number of nitrogens with one attached hydrogen (secondary N) is 1. The fourth-order valence-corrected chi connectivity index (χ4v) is 2.98. The second-order valence-corrected chi connectivity index (χ2v) is 5.45. The van der Waals surface area contributed by atoms with E-state index in [4.69, 9.17) is 0 Å². The van der Waals surface area contributed by atoms with E-state index >= 15 is 0 Å². The highest BCUT2D eigenvalue weighted by molar-refractivity contribution is 5.31. The fraction of sp³-hybridized carbons (Fsp3) is 0.353. The zero-order chi connectivity index (χ0) is 13.8. The van der Waals surface area contributed by atoms with Crippen LogP contribution in [0.5, 0.6) is 0 Å². The largest absolute Gasteiger partial charge is 0.313 e. The zero-order valence-corrected chi connectivity index (χ0v) is 11.9. The Bertz CT molecular complexity index is 553. The molecule has 0 radical (unpaired) electrons. The van der Waals surface area contributed by atoms with Crippen LogP contribution in [0.15, 0.2) is 48.8 Å². The van der Waals surface area contributed by atoms with Crippen molar-refractivity contribution in [2.45, 2.75) is 25.6 Å². The number of benzene rings is 1. The molecular formula is C17H21N3. The van der Waals surface area contributed by atoms with E-state index in [1.165, 1.54) is 16.7 Å². The van der Waals surface area contributed by atoms with Gasteiger partial charge in [-0.25, -0.2) is 0 Å². The van der Waals surface area contributed by atoms with E-state index in [0.717, 1.165) is 26.1 Å². The third kappa shape index (κ3) is 2.89. The summed E-state index contributed by atoms with van der Waals surface area (Å²) in [4.78, 5) is 6.53. The topological polar surface area (TPSA) is 28.2 Å². The first kappa shape index (κ1) is 13.3. The SMILES string of the molecule is CN(Cc1ccncc1)C1CCNCc2ccccc21. The number of nitrogens with zero attached hydrogens (tertiary/aromatic N) is 2. The molecule has 1 aromatic heterocycles. The molecule has 1 atom stereocenters. The van der Waals surface area contributed by atoms with Gasteiger partial charge in [-0.2, -0.15) is 0 Å². The highest BCUT2D eigenvalue weighted by atomic mass is 15.1. The van der Waals surface area contributed by atoms with Crippen LogP contribution in [-0.2, 0) is 13.1 Å². The van der Waals surface area contributed by atoms with Crippen LogP contribution < -0.4 is 5.32 Å². The maximum absolute atomic E-state index is 4.09. The Morgan fingerprint density at radius 3 is 2.85 bits per heavy atom. The summed E-state index contributed by atoms with van der Waals surface area (Å²) >= 11 is 0. The van der Waals surface area contributed by atoms with Crippen molar-refractivity contribution in [1.82, 2.24) is 15.2 Å². The second-order valence-electron chi connectivity index (χ2n) is 5.45. The molecule has 0 bridgehead atoms. The highest BCUT2D eigenvalue weighted by Gasteiger charge is 2.21. The molecule has 1 aromatic carbocycles. The minimum Gasteiger partial charge on any atom is -0.313 e.